The van der Waals surface area contributed by atoms with Crippen LogP contribution in [0.15, 0.2) is 24.3 Å². The van der Waals surface area contributed by atoms with Crippen LogP contribution >= 0.6 is 0 Å². The summed E-state index contributed by atoms with van der Waals surface area (Å²) in [6, 6.07) is 9.28. The van der Waals surface area contributed by atoms with Crippen molar-refractivity contribution in [3.8, 4) is 0 Å². The lowest BCUT2D eigenvalue weighted by Crippen LogP contribution is -2.13. The first kappa shape index (κ1) is 13.6. The third kappa shape index (κ3) is 3.60. The molecule has 0 heterocycles. The van der Waals surface area contributed by atoms with Crippen molar-refractivity contribution in [2.75, 3.05) is 0 Å². The van der Waals surface area contributed by atoms with Gasteiger partial charge < -0.3 is 0 Å². The topological polar surface area (TPSA) is 0 Å². The van der Waals surface area contributed by atoms with Gasteiger partial charge in [0.2, 0.25) is 0 Å². The summed E-state index contributed by atoms with van der Waals surface area (Å²) in [5.74, 6) is 1.84. The Morgan fingerprint density at radius 2 is 1.67 bits per heavy atom. The zero-order valence-electron chi connectivity index (χ0n) is 12.0. The van der Waals surface area contributed by atoms with E-state index in [-0.39, 0.29) is 0 Å². The van der Waals surface area contributed by atoms with Crippen LogP contribution in [-0.4, -0.2) is 0 Å². The molecule has 1 aromatic carbocycles. The molecule has 1 aliphatic carbocycles. The molecule has 0 saturated heterocycles. The first-order valence-corrected chi connectivity index (χ1v) is 7.76. The average molecular weight is 243 g/mol. The van der Waals surface area contributed by atoms with E-state index in [1.807, 2.05) is 0 Å². The highest BCUT2D eigenvalue weighted by atomic mass is 14.3. The van der Waals surface area contributed by atoms with Gasteiger partial charge in [-0.25, -0.2) is 0 Å². The molecule has 99 valence electrons. The number of hydrogen-bond acceptors (Lipinski definition) is 0. The Morgan fingerprint density at radius 3 is 2.22 bits per heavy atom. The smallest absolute Gasteiger partial charge is 0.00958 e. The molecular weight excluding hydrogens is 216 g/mol. The van der Waals surface area contributed by atoms with Crippen molar-refractivity contribution in [2.24, 2.45) is 5.92 Å². The van der Waals surface area contributed by atoms with Gasteiger partial charge in [0.05, 0.1) is 0 Å². The Morgan fingerprint density at radius 1 is 1.00 bits per heavy atom. The minimum absolute atomic E-state index is 0.828. The lowest BCUT2D eigenvalue weighted by atomic mass is 9.77. The molecular formula is C18H27. The first-order chi connectivity index (χ1) is 8.83. The molecule has 0 amide bonds. The monoisotopic (exact) mass is 243 g/mol. The second kappa shape index (κ2) is 6.97. The molecule has 1 aromatic rings. The maximum Gasteiger partial charge on any atom is -0.00958 e. The summed E-state index contributed by atoms with van der Waals surface area (Å²) in [7, 11) is 0. The van der Waals surface area contributed by atoms with E-state index < -0.39 is 0 Å². The van der Waals surface area contributed by atoms with Crippen LogP contribution < -0.4 is 0 Å². The molecule has 0 spiro atoms. The highest BCUT2D eigenvalue weighted by molar-refractivity contribution is 5.29. The summed E-state index contributed by atoms with van der Waals surface area (Å²) in [5.41, 5.74) is 2.94. The molecule has 1 radical (unpaired) electrons. The molecule has 1 saturated carbocycles. The molecule has 0 aromatic heterocycles. The molecule has 0 N–H and O–H groups in total. The van der Waals surface area contributed by atoms with Crippen molar-refractivity contribution in [3.63, 3.8) is 0 Å². The van der Waals surface area contributed by atoms with E-state index in [2.05, 4.69) is 44.5 Å². The fourth-order valence-electron chi connectivity index (χ4n) is 3.33. The minimum Gasteiger partial charge on any atom is -0.0654 e. The Hall–Kier alpha value is -0.780. The Balaban J connectivity index is 1.89. The molecule has 18 heavy (non-hydrogen) atoms. The van der Waals surface area contributed by atoms with Gasteiger partial charge >= 0.3 is 0 Å². The Bertz CT molecular complexity index is 328. The molecule has 0 aliphatic heterocycles. The molecule has 0 heteroatoms. The van der Waals surface area contributed by atoms with Gasteiger partial charge in [-0.1, -0.05) is 51.0 Å². The average Bonchev–Trinajstić information content (AvgIpc) is 2.41. The fourth-order valence-corrected chi connectivity index (χ4v) is 3.33. The second-order valence-electron chi connectivity index (χ2n) is 5.79. The highest BCUT2D eigenvalue weighted by Crippen LogP contribution is 2.37. The van der Waals surface area contributed by atoms with Crippen molar-refractivity contribution >= 4 is 0 Å². The van der Waals surface area contributed by atoms with Crippen LogP contribution in [0.1, 0.15) is 75.8 Å². The summed E-state index contributed by atoms with van der Waals surface area (Å²) < 4.78 is 0. The quantitative estimate of drug-likeness (QED) is 0.620. The SMILES string of the molecule is CC[CH]c1ccc(C2CCC(CCC)CC2)cc1. The number of hydrogen-bond donors (Lipinski definition) is 0. The summed E-state index contributed by atoms with van der Waals surface area (Å²) in [6.45, 7) is 4.51. The van der Waals surface area contributed by atoms with Crippen LogP contribution in [0, 0.1) is 12.3 Å². The van der Waals surface area contributed by atoms with E-state index in [1.54, 1.807) is 5.56 Å². The van der Waals surface area contributed by atoms with Crippen molar-refractivity contribution in [3.05, 3.63) is 41.8 Å². The predicted octanol–water partition coefficient (Wildman–Crippen LogP) is 5.72. The van der Waals surface area contributed by atoms with Gasteiger partial charge in [0.1, 0.15) is 0 Å². The van der Waals surface area contributed by atoms with Gasteiger partial charge in [-0.3, -0.25) is 0 Å². The fraction of sp³-hybridized carbons (Fsp3) is 0.611. The molecule has 1 aliphatic rings. The zero-order chi connectivity index (χ0) is 12.8. The molecule has 0 bridgehead atoms. The third-order valence-corrected chi connectivity index (χ3v) is 4.39. The van der Waals surface area contributed by atoms with E-state index in [0.717, 1.165) is 18.3 Å². The normalized spacial score (nSPS) is 24.1. The molecule has 0 unspecified atom stereocenters. The lowest BCUT2D eigenvalue weighted by molar-refractivity contribution is 0.308. The van der Waals surface area contributed by atoms with Gasteiger partial charge in [0, 0.05) is 0 Å². The largest absolute Gasteiger partial charge is 0.0654 e. The van der Waals surface area contributed by atoms with E-state index in [1.165, 1.54) is 44.1 Å². The number of rotatable bonds is 5. The standard InChI is InChI=1S/C18H27/c1-3-5-15-7-11-17(12-8-15)18-13-9-16(6-4-2)10-14-18/h5,7-8,11-12,16,18H,3-4,6,9-10,13-14H2,1-2H3. The zero-order valence-corrected chi connectivity index (χ0v) is 12.0. The maximum absolute atomic E-state index is 2.35. The summed E-state index contributed by atoms with van der Waals surface area (Å²) in [5, 5.41) is 0. The maximum atomic E-state index is 2.35. The van der Waals surface area contributed by atoms with Gasteiger partial charge in [-0.05, 0) is 61.5 Å². The minimum atomic E-state index is 0.828. The third-order valence-electron chi connectivity index (χ3n) is 4.39. The predicted molar refractivity (Wildman–Crippen MR) is 79.7 cm³/mol. The highest BCUT2D eigenvalue weighted by Gasteiger charge is 2.21. The summed E-state index contributed by atoms with van der Waals surface area (Å²) in [4.78, 5) is 0. The van der Waals surface area contributed by atoms with Gasteiger partial charge in [-0.15, -0.1) is 0 Å². The van der Waals surface area contributed by atoms with Crippen LogP contribution in [0.4, 0.5) is 0 Å². The molecule has 1 fully saturated rings. The van der Waals surface area contributed by atoms with Crippen molar-refractivity contribution < 1.29 is 0 Å². The Kier molecular flexibility index (Phi) is 5.28. The van der Waals surface area contributed by atoms with Gasteiger partial charge in [0.25, 0.3) is 0 Å². The summed E-state index contributed by atoms with van der Waals surface area (Å²) >= 11 is 0. The Labute approximate surface area is 113 Å². The molecule has 2 rings (SSSR count). The van der Waals surface area contributed by atoms with Crippen LogP contribution in [0.2, 0.25) is 0 Å². The lowest BCUT2D eigenvalue weighted by Gasteiger charge is -2.28. The van der Waals surface area contributed by atoms with Crippen LogP contribution in [-0.2, 0) is 0 Å². The van der Waals surface area contributed by atoms with Gasteiger partial charge in [0.15, 0.2) is 0 Å². The van der Waals surface area contributed by atoms with Crippen LogP contribution in [0.5, 0.6) is 0 Å². The van der Waals surface area contributed by atoms with E-state index in [0.29, 0.717) is 0 Å². The molecule has 0 atom stereocenters. The van der Waals surface area contributed by atoms with Crippen molar-refractivity contribution in [2.45, 2.75) is 64.7 Å². The van der Waals surface area contributed by atoms with E-state index in [4.69, 9.17) is 0 Å². The van der Waals surface area contributed by atoms with Crippen LogP contribution in [0.3, 0.4) is 0 Å². The van der Waals surface area contributed by atoms with Crippen molar-refractivity contribution in [1.82, 2.24) is 0 Å². The summed E-state index contributed by atoms with van der Waals surface area (Å²) in [6.07, 6.45) is 11.9. The molecule has 0 nitrogen and oxygen atoms in total. The first-order valence-electron chi connectivity index (χ1n) is 7.76. The number of benzene rings is 1. The van der Waals surface area contributed by atoms with E-state index >= 15 is 0 Å². The van der Waals surface area contributed by atoms with Crippen molar-refractivity contribution in [1.29, 1.82) is 0 Å². The van der Waals surface area contributed by atoms with Crippen LogP contribution in [0.25, 0.3) is 0 Å². The van der Waals surface area contributed by atoms with E-state index in [9.17, 15) is 0 Å². The second-order valence-corrected chi connectivity index (χ2v) is 5.79. The van der Waals surface area contributed by atoms with Gasteiger partial charge in [-0.2, -0.15) is 0 Å².